The highest BCUT2D eigenvalue weighted by atomic mass is 16.6. The van der Waals surface area contributed by atoms with Crippen molar-refractivity contribution in [3.63, 3.8) is 0 Å². The van der Waals surface area contributed by atoms with Gasteiger partial charge in [0, 0.05) is 12.5 Å². The molecule has 0 fully saturated rings. The second-order valence-corrected chi connectivity index (χ2v) is 4.28. The van der Waals surface area contributed by atoms with E-state index in [0.29, 0.717) is 25.9 Å². The highest BCUT2D eigenvalue weighted by molar-refractivity contribution is 5.75. The van der Waals surface area contributed by atoms with Gasteiger partial charge < -0.3 is 4.74 Å². The zero-order valence-electron chi connectivity index (χ0n) is 11.4. The number of nitro groups is 1. The van der Waals surface area contributed by atoms with Crippen molar-refractivity contribution in [2.75, 3.05) is 6.61 Å². The molecule has 0 aliphatic heterocycles. The maximum absolute atomic E-state index is 10.9. The molecular formula is C13H16N4O4. The lowest BCUT2D eigenvalue weighted by atomic mass is 10.2. The van der Waals surface area contributed by atoms with E-state index in [4.69, 9.17) is 15.8 Å². The Labute approximate surface area is 121 Å². The second kappa shape index (κ2) is 8.50. The van der Waals surface area contributed by atoms with E-state index in [1.54, 1.807) is 0 Å². The highest BCUT2D eigenvalue weighted by Crippen LogP contribution is 2.27. The van der Waals surface area contributed by atoms with Gasteiger partial charge in [-0.25, -0.2) is 5.84 Å². The van der Waals surface area contributed by atoms with E-state index in [2.05, 4.69) is 0 Å². The number of unbranched alkanes of at least 4 members (excludes halogenated alkanes) is 2. The van der Waals surface area contributed by atoms with Crippen LogP contribution in [0.15, 0.2) is 18.2 Å². The van der Waals surface area contributed by atoms with Gasteiger partial charge in [-0.1, -0.05) is 0 Å². The van der Waals surface area contributed by atoms with E-state index in [9.17, 15) is 14.9 Å². The van der Waals surface area contributed by atoms with Crippen LogP contribution < -0.4 is 16.0 Å². The third-order valence-electron chi connectivity index (χ3n) is 2.75. The minimum Gasteiger partial charge on any atom is -0.487 e. The summed E-state index contributed by atoms with van der Waals surface area (Å²) in [4.78, 5) is 21.2. The first-order valence-corrected chi connectivity index (χ1v) is 6.39. The summed E-state index contributed by atoms with van der Waals surface area (Å²) in [7, 11) is 0. The van der Waals surface area contributed by atoms with Gasteiger partial charge in [-0.2, -0.15) is 5.26 Å². The fourth-order valence-corrected chi connectivity index (χ4v) is 1.67. The molecule has 1 aromatic carbocycles. The van der Waals surface area contributed by atoms with Crippen LogP contribution in [0.2, 0.25) is 0 Å². The first kappa shape index (κ1) is 16.4. The van der Waals surface area contributed by atoms with Crippen molar-refractivity contribution in [1.82, 2.24) is 5.43 Å². The number of hydrazine groups is 1. The zero-order valence-corrected chi connectivity index (χ0v) is 11.4. The van der Waals surface area contributed by atoms with Crippen molar-refractivity contribution in [2.45, 2.75) is 25.7 Å². The Morgan fingerprint density at radius 1 is 1.43 bits per heavy atom. The second-order valence-electron chi connectivity index (χ2n) is 4.28. The van der Waals surface area contributed by atoms with Crippen molar-refractivity contribution in [3.8, 4) is 11.8 Å². The lowest BCUT2D eigenvalue weighted by Crippen LogP contribution is -2.29. The van der Waals surface area contributed by atoms with Crippen LogP contribution in [0.25, 0.3) is 0 Å². The molecule has 8 nitrogen and oxygen atoms in total. The minimum atomic E-state index is -0.582. The molecule has 0 aliphatic carbocycles. The number of nitrogens with one attached hydrogen (secondary N) is 1. The van der Waals surface area contributed by atoms with Gasteiger partial charge in [-0.3, -0.25) is 20.3 Å². The van der Waals surface area contributed by atoms with Crippen LogP contribution >= 0.6 is 0 Å². The third kappa shape index (κ3) is 5.46. The summed E-state index contributed by atoms with van der Waals surface area (Å²) in [6.45, 7) is 0.303. The number of amides is 1. The molecular weight excluding hydrogens is 276 g/mol. The normalized spacial score (nSPS) is 9.71. The number of nitrogens with zero attached hydrogens (tertiary/aromatic N) is 2. The number of nitrogens with two attached hydrogens (primary N) is 1. The molecule has 112 valence electrons. The number of carbonyl (C=O) groups is 1. The van der Waals surface area contributed by atoms with Gasteiger partial charge in [0.25, 0.3) is 0 Å². The van der Waals surface area contributed by atoms with E-state index in [1.807, 2.05) is 11.5 Å². The molecule has 0 atom stereocenters. The van der Waals surface area contributed by atoms with Crippen LogP contribution in [-0.2, 0) is 4.79 Å². The Kier molecular flexibility index (Phi) is 6.63. The smallest absolute Gasteiger partial charge is 0.312 e. The average molecular weight is 292 g/mol. The van der Waals surface area contributed by atoms with Gasteiger partial charge >= 0.3 is 5.69 Å². The van der Waals surface area contributed by atoms with Gasteiger partial charge in [-0.05, 0) is 31.4 Å². The number of ether oxygens (including phenoxy) is 1. The van der Waals surface area contributed by atoms with Gasteiger partial charge in [0.15, 0.2) is 5.75 Å². The zero-order chi connectivity index (χ0) is 15.7. The SMILES string of the molecule is N#Cc1ccc(OCCCCCC(=O)NN)c([N+](=O)[O-])c1. The minimum absolute atomic E-state index is 0.138. The Hall–Kier alpha value is -2.66. The molecule has 1 rings (SSSR count). The van der Waals surface area contributed by atoms with Crippen LogP contribution in [0.3, 0.4) is 0 Å². The maximum Gasteiger partial charge on any atom is 0.312 e. The van der Waals surface area contributed by atoms with Gasteiger partial charge in [-0.15, -0.1) is 0 Å². The van der Waals surface area contributed by atoms with Crippen LogP contribution in [0.4, 0.5) is 5.69 Å². The van der Waals surface area contributed by atoms with E-state index in [-0.39, 0.29) is 22.9 Å². The van der Waals surface area contributed by atoms with Crippen LogP contribution in [-0.4, -0.2) is 17.4 Å². The van der Waals surface area contributed by atoms with Gasteiger partial charge in [0.05, 0.1) is 23.2 Å². The number of hydrogen-bond acceptors (Lipinski definition) is 6. The lowest BCUT2D eigenvalue weighted by Gasteiger charge is -2.06. The molecule has 3 N–H and O–H groups in total. The molecule has 0 saturated heterocycles. The molecule has 0 aliphatic rings. The Bertz CT molecular complexity index is 554. The monoisotopic (exact) mass is 292 g/mol. The first-order chi connectivity index (χ1) is 10.1. The lowest BCUT2D eigenvalue weighted by molar-refractivity contribution is -0.385. The largest absolute Gasteiger partial charge is 0.487 e. The third-order valence-corrected chi connectivity index (χ3v) is 2.75. The summed E-state index contributed by atoms with van der Waals surface area (Å²) in [5.41, 5.74) is 2.03. The average Bonchev–Trinajstić information content (AvgIpc) is 2.50. The number of hydrogen-bond donors (Lipinski definition) is 2. The Morgan fingerprint density at radius 2 is 2.19 bits per heavy atom. The number of rotatable bonds is 8. The van der Waals surface area contributed by atoms with Crippen molar-refractivity contribution < 1.29 is 14.5 Å². The standard InChI is InChI=1S/C13H16N4O4/c14-9-10-5-6-12(11(8-10)17(19)20)21-7-3-1-2-4-13(18)16-15/h5-6,8H,1-4,7,15H2,(H,16,18). The molecule has 0 aromatic heterocycles. The topological polar surface area (TPSA) is 131 Å². The highest BCUT2D eigenvalue weighted by Gasteiger charge is 2.15. The van der Waals surface area contributed by atoms with Crippen molar-refractivity contribution in [1.29, 1.82) is 5.26 Å². The first-order valence-electron chi connectivity index (χ1n) is 6.39. The molecule has 0 heterocycles. The fraction of sp³-hybridized carbons (Fsp3) is 0.385. The molecule has 0 radical (unpaired) electrons. The summed E-state index contributed by atoms with van der Waals surface area (Å²) in [6.07, 6.45) is 2.42. The summed E-state index contributed by atoms with van der Waals surface area (Å²) >= 11 is 0. The van der Waals surface area contributed by atoms with E-state index in [0.717, 1.165) is 6.42 Å². The Morgan fingerprint density at radius 3 is 2.81 bits per heavy atom. The molecule has 0 saturated carbocycles. The molecule has 0 spiro atoms. The molecule has 0 unspecified atom stereocenters. The quantitative estimate of drug-likeness (QED) is 0.245. The summed E-state index contributed by atoms with van der Waals surface area (Å²) < 4.78 is 5.36. The van der Waals surface area contributed by atoms with Crippen molar-refractivity contribution in [2.24, 2.45) is 5.84 Å². The number of benzene rings is 1. The predicted molar refractivity (Wildman–Crippen MR) is 74.1 cm³/mol. The van der Waals surface area contributed by atoms with Crippen LogP contribution in [0.1, 0.15) is 31.2 Å². The predicted octanol–water partition coefficient (Wildman–Crippen LogP) is 1.40. The van der Waals surface area contributed by atoms with Crippen molar-refractivity contribution >= 4 is 11.6 Å². The molecule has 0 bridgehead atoms. The van der Waals surface area contributed by atoms with Gasteiger partial charge in [0.1, 0.15) is 0 Å². The van der Waals surface area contributed by atoms with Crippen LogP contribution in [0, 0.1) is 21.4 Å². The van der Waals surface area contributed by atoms with Crippen molar-refractivity contribution in [3.05, 3.63) is 33.9 Å². The molecule has 1 aromatic rings. The maximum atomic E-state index is 10.9. The van der Waals surface area contributed by atoms with E-state index in [1.165, 1.54) is 18.2 Å². The number of nitriles is 1. The molecule has 8 heteroatoms. The summed E-state index contributed by atoms with van der Waals surface area (Å²) in [5, 5.41) is 19.6. The van der Waals surface area contributed by atoms with Gasteiger partial charge in [0.2, 0.25) is 5.91 Å². The Balaban J connectivity index is 2.43. The van der Waals surface area contributed by atoms with E-state index >= 15 is 0 Å². The summed E-state index contributed by atoms with van der Waals surface area (Å²) in [6, 6.07) is 5.90. The number of carbonyl (C=O) groups excluding carboxylic acids is 1. The summed E-state index contributed by atoms with van der Waals surface area (Å²) in [5.74, 6) is 4.86. The van der Waals surface area contributed by atoms with E-state index < -0.39 is 4.92 Å². The number of nitro benzene ring substituents is 1. The molecule has 1 amide bonds. The fourth-order valence-electron chi connectivity index (χ4n) is 1.67. The van der Waals surface area contributed by atoms with Crippen LogP contribution in [0.5, 0.6) is 5.75 Å². The molecule has 21 heavy (non-hydrogen) atoms.